The van der Waals surface area contributed by atoms with Gasteiger partial charge in [-0.2, -0.15) is 0 Å². The molecule has 2 aliphatic heterocycles. The molecule has 30 heavy (non-hydrogen) atoms. The summed E-state index contributed by atoms with van der Waals surface area (Å²) < 4.78 is 13.9. The first-order valence-corrected chi connectivity index (χ1v) is 10.7. The zero-order valence-electron chi connectivity index (χ0n) is 18.6. The summed E-state index contributed by atoms with van der Waals surface area (Å²) >= 11 is 0. The fraction of sp³-hybridized carbons (Fsp3) is 0.522. The molecular formula is C23H31N5O2. The Labute approximate surface area is 178 Å². The fourth-order valence-corrected chi connectivity index (χ4v) is 3.94. The smallest absolute Gasteiger partial charge is 0.166 e. The van der Waals surface area contributed by atoms with Gasteiger partial charge < -0.3 is 18.9 Å². The predicted molar refractivity (Wildman–Crippen MR) is 118 cm³/mol. The minimum Gasteiger partial charge on any atom is -0.493 e. The quantitative estimate of drug-likeness (QED) is 0.578. The van der Waals surface area contributed by atoms with E-state index in [0.29, 0.717) is 6.54 Å². The van der Waals surface area contributed by atoms with Crippen LogP contribution in [0.4, 0.5) is 5.82 Å². The summed E-state index contributed by atoms with van der Waals surface area (Å²) in [5, 5.41) is 0. The number of ether oxygens (including phenoxy) is 2. The van der Waals surface area contributed by atoms with Crippen LogP contribution >= 0.6 is 0 Å². The topological polar surface area (TPSA) is 65.3 Å². The van der Waals surface area contributed by atoms with Crippen LogP contribution in [0.15, 0.2) is 24.5 Å². The van der Waals surface area contributed by atoms with E-state index >= 15 is 0 Å². The second kappa shape index (κ2) is 8.50. The van der Waals surface area contributed by atoms with Crippen molar-refractivity contribution in [1.29, 1.82) is 0 Å². The molecule has 0 N–H and O–H groups in total. The third kappa shape index (κ3) is 4.06. The Kier molecular flexibility index (Phi) is 5.79. The number of benzene rings is 1. The van der Waals surface area contributed by atoms with Crippen LogP contribution in [0.2, 0.25) is 0 Å². The fourth-order valence-electron chi connectivity index (χ4n) is 3.94. The number of methoxy groups -OCH3 is 1. The molecule has 7 nitrogen and oxygen atoms in total. The second-order valence-electron chi connectivity index (χ2n) is 8.51. The lowest BCUT2D eigenvalue weighted by molar-refractivity contribution is 0.200. The molecule has 160 valence electrons. The van der Waals surface area contributed by atoms with Gasteiger partial charge in [-0.15, -0.1) is 0 Å². The molecule has 1 aromatic carbocycles. The molecule has 7 heteroatoms. The Hall–Kier alpha value is -2.83. The van der Waals surface area contributed by atoms with Gasteiger partial charge in [-0.1, -0.05) is 19.9 Å². The summed E-state index contributed by atoms with van der Waals surface area (Å²) in [6, 6.07) is 6.13. The number of nitrogens with zero attached hydrogens (tertiary/aromatic N) is 5. The summed E-state index contributed by atoms with van der Waals surface area (Å²) in [5.74, 6) is 4.38. The lowest BCUT2D eigenvalue weighted by atomic mass is 10.2. The molecular weight excluding hydrogens is 378 g/mol. The first-order valence-electron chi connectivity index (χ1n) is 10.7. The summed E-state index contributed by atoms with van der Waals surface area (Å²) in [7, 11) is 5.64. The third-order valence-electron chi connectivity index (χ3n) is 5.58. The molecule has 3 aliphatic rings. The molecule has 0 atom stereocenters. The zero-order valence-corrected chi connectivity index (χ0v) is 18.6. The van der Waals surface area contributed by atoms with Gasteiger partial charge in [0.2, 0.25) is 0 Å². The standard InChI is InChI=1S/C23H31N5O2/c1-15(2)21-25-20-22(27(3)4)24-14-28(23(20)26-21)13-16-10-11-18(29-5)19(12-16)30-17-8-6-7-9-17/h10-12,14-15,17H,6-9,13H2,1-5H3. The molecule has 1 fully saturated rings. The van der Waals surface area contributed by atoms with Crippen molar-refractivity contribution in [3.63, 3.8) is 0 Å². The van der Waals surface area contributed by atoms with Crippen LogP contribution in [0.1, 0.15) is 56.8 Å². The van der Waals surface area contributed by atoms with Crippen LogP contribution < -0.4 is 14.4 Å². The molecule has 1 saturated carbocycles. The highest BCUT2D eigenvalue weighted by Crippen LogP contribution is 2.34. The maximum Gasteiger partial charge on any atom is 0.166 e. The number of anilines is 1. The van der Waals surface area contributed by atoms with Crippen LogP contribution in [-0.2, 0) is 6.54 Å². The van der Waals surface area contributed by atoms with E-state index in [9.17, 15) is 0 Å². The number of hydrogen-bond acceptors (Lipinski definition) is 6. The Morgan fingerprint density at radius 2 is 1.90 bits per heavy atom. The van der Waals surface area contributed by atoms with E-state index < -0.39 is 0 Å². The molecule has 0 unspecified atom stereocenters. The minimum atomic E-state index is 0.258. The second-order valence-corrected chi connectivity index (χ2v) is 8.51. The average Bonchev–Trinajstić information content (AvgIpc) is 3.38. The molecule has 0 amide bonds. The lowest BCUT2D eigenvalue weighted by Crippen LogP contribution is -2.16. The van der Waals surface area contributed by atoms with Gasteiger partial charge in [0.25, 0.3) is 0 Å². The SMILES string of the molecule is COc1ccc(Cn2cnc(N(C)C)c3nc(C(C)C)nc2-3)cc1OC1CCCC1. The van der Waals surface area contributed by atoms with E-state index in [-0.39, 0.29) is 12.0 Å². The van der Waals surface area contributed by atoms with Crippen molar-refractivity contribution in [2.45, 2.75) is 58.1 Å². The van der Waals surface area contributed by atoms with Gasteiger partial charge in [-0.3, -0.25) is 0 Å². The number of hydrogen-bond donors (Lipinski definition) is 0. The number of rotatable bonds is 7. The molecule has 0 bridgehead atoms. The maximum atomic E-state index is 6.26. The van der Waals surface area contributed by atoms with Crippen LogP contribution in [0, 0.1) is 0 Å². The first kappa shape index (κ1) is 20.4. The van der Waals surface area contributed by atoms with Gasteiger partial charge in [0.1, 0.15) is 5.82 Å². The van der Waals surface area contributed by atoms with E-state index in [1.807, 2.05) is 31.4 Å². The number of aromatic nitrogens is 4. The molecule has 2 heterocycles. The first-order chi connectivity index (χ1) is 14.5. The molecule has 0 saturated heterocycles. The maximum absolute atomic E-state index is 6.26. The van der Waals surface area contributed by atoms with E-state index in [1.54, 1.807) is 7.11 Å². The Balaban J connectivity index is 1.67. The van der Waals surface area contributed by atoms with Crippen LogP contribution in [0.25, 0.3) is 11.5 Å². The van der Waals surface area contributed by atoms with Crippen molar-refractivity contribution in [3.8, 4) is 23.0 Å². The van der Waals surface area contributed by atoms with Gasteiger partial charge >= 0.3 is 0 Å². The van der Waals surface area contributed by atoms with E-state index in [2.05, 4.69) is 35.5 Å². The highest BCUT2D eigenvalue weighted by Gasteiger charge is 2.23. The van der Waals surface area contributed by atoms with Crippen molar-refractivity contribution in [1.82, 2.24) is 19.5 Å². The molecule has 1 aliphatic carbocycles. The van der Waals surface area contributed by atoms with Crippen molar-refractivity contribution in [2.24, 2.45) is 0 Å². The summed E-state index contributed by atoms with van der Waals surface area (Å²) in [6.07, 6.45) is 6.82. The molecule has 4 rings (SSSR count). The molecule has 0 spiro atoms. The van der Waals surface area contributed by atoms with Crippen molar-refractivity contribution < 1.29 is 9.47 Å². The van der Waals surface area contributed by atoms with Crippen molar-refractivity contribution in [2.75, 3.05) is 26.1 Å². The highest BCUT2D eigenvalue weighted by molar-refractivity contribution is 5.68. The normalized spacial score (nSPS) is 14.6. The van der Waals surface area contributed by atoms with E-state index in [0.717, 1.165) is 53.1 Å². The summed E-state index contributed by atoms with van der Waals surface area (Å²) in [4.78, 5) is 16.2. The predicted octanol–water partition coefficient (Wildman–Crippen LogP) is 4.35. The van der Waals surface area contributed by atoms with Crippen LogP contribution in [0.5, 0.6) is 11.5 Å². The van der Waals surface area contributed by atoms with E-state index in [1.165, 1.54) is 12.8 Å². The zero-order chi connectivity index (χ0) is 21.3. The van der Waals surface area contributed by atoms with Gasteiger partial charge in [0, 0.05) is 20.0 Å². The lowest BCUT2D eigenvalue weighted by Gasteiger charge is -2.19. The Bertz CT molecular complexity index is 976. The number of fused-ring (bicyclic) bond motifs is 1. The van der Waals surface area contributed by atoms with Crippen molar-refractivity contribution in [3.05, 3.63) is 35.9 Å². The Morgan fingerprint density at radius 3 is 2.57 bits per heavy atom. The van der Waals surface area contributed by atoms with Gasteiger partial charge in [-0.25, -0.2) is 15.0 Å². The van der Waals surface area contributed by atoms with Gasteiger partial charge in [-0.05, 0) is 43.4 Å². The number of imidazole rings is 1. The minimum absolute atomic E-state index is 0.258. The van der Waals surface area contributed by atoms with Crippen LogP contribution in [-0.4, -0.2) is 46.8 Å². The highest BCUT2D eigenvalue weighted by atomic mass is 16.5. The summed E-state index contributed by atoms with van der Waals surface area (Å²) in [5.41, 5.74) is 1.95. The van der Waals surface area contributed by atoms with Crippen molar-refractivity contribution >= 4 is 5.82 Å². The largest absolute Gasteiger partial charge is 0.493 e. The Morgan fingerprint density at radius 1 is 1.13 bits per heavy atom. The van der Waals surface area contributed by atoms with Crippen LogP contribution in [0.3, 0.4) is 0 Å². The average molecular weight is 410 g/mol. The molecule has 0 radical (unpaired) electrons. The molecule has 1 aromatic rings. The monoisotopic (exact) mass is 409 g/mol. The molecule has 0 aromatic heterocycles. The van der Waals surface area contributed by atoms with E-state index in [4.69, 9.17) is 19.4 Å². The van der Waals surface area contributed by atoms with Gasteiger partial charge in [0.15, 0.2) is 28.8 Å². The summed E-state index contributed by atoms with van der Waals surface area (Å²) in [6.45, 7) is 4.85. The third-order valence-corrected chi connectivity index (χ3v) is 5.58. The van der Waals surface area contributed by atoms with Gasteiger partial charge in [0.05, 0.1) is 26.1 Å².